The van der Waals surface area contributed by atoms with Gasteiger partial charge in [0.05, 0.1) is 0 Å². The Morgan fingerprint density at radius 3 is 2.38 bits per heavy atom. The zero-order chi connectivity index (χ0) is 14.9. The molecule has 0 nitrogen and oxygen atoms in total. The van der Waals surface area contributed by atoms with Crippen LogP contribution in [0.2, 0.25) is 0 Å². The van der Waals surface area contributed by atoms with Crippen LogP contribution in [0.1, 0.15) is 55.0 Å². The van der Waals surface area contributed by atoms with Crippen LogP contribution < -0.4 is 0 Å². The van der Waals surface area contributed by atoms with Crippen LogP contribution in [0.5, 0.6) is 0 Å². The lowest BCUT2D eigenvalue weighted by Gasteiger charge is -2.00. The molecule has 0 saturated carbocycles. The van der Waals surface area contributed by atoms with Crippen LogP contribution >= 0.6 is 11.3 Å². The molecular weight excluding hydrogens is 279 g/mol. The summed E-state index contributed by atoms with van der Waals surface area (Å²) < 4.78 is 12.9. The van der Waals surface area contributed by atoms with E-state index in [1.165, 1.54) is 54.5 Å². The maximum absolute atomic E-state index is 12.9. The number of halogens is 1. The number of benzene rings is 1. The Morgan fingerprint density at radius 1 is 0.857 bits per heavy atom. The first-order valence-electron chi connectivity index (χ1n) is 8.08. The fourth-order valence-electron chi connectivity index (χ4n) is 2.54. The summed E-state index contributed by atoms with van der Waals surface area (Å²) in [6.45, 7) is 2.26. The maximum atomic E-state index is 12.9. The Hall–Kier alpha value is -1.15. The first kappa shape index (κ1) is 16.2. The number of thiophene rings is 1. The molecule has 0 bridgehead atoms. The minimum absolute atomic E-state index is 0.153. The highest BCUT2D eigenvalue weighted by Crippen LogP contribution is 2.19. The van der Waals surface area contributed by atoms with E-state index in [4.69, 9.17) is 0 Å². The molecule has 1 aromatic heterocycles. The van der Waals surface area contributed by atoms with Crippen molar-refractivity contribution >= 4 is 11.3 Å². The van der Waals surface area contributed by atoms with Gasteiger partial charge in [-0.3, -0.25) is 0 Å². The molecule has 1 heterocycles. The molecule has 0 amide bonds. The van der Waals surface area contributed by atoms with Gasteiger partial charge in [-0.05, 0) is 60.4 Å². The van der Waals surface area contributed by atoms with E-state index < -0.39 is 0 Å². The van der Waals surface area contributed by atoms with Gasteiger partial charge in [0.1, 0.15) is 5.82 Å². The Balaban J connectivity index is 1.71. The van der Waals surface area contributed by atoms with E-state index in [9.17, 15) is 4.39 Å². The van der Waals surface area contributed by atoms with Crippen molar-refractivity contribution in [3.8, 4) is 0 Å². The van der Waals surface area contributed by atoms with Gasteiger partial charge in [0.25, 0.3) is 0 Å². The molecule has 0 N–H and O–H groups in total. The minimum atomic E-state index is -0.153. The van der Waals surface area contributed by atoms with Crippen molar-refractivity contribution in [2.45, 2.75) is 58.3 Å². The summed E-state index contributed by atoms with van der Waals surface area (Å²) in [6, 6.07) is 9.22. The molecule has 2 rings (SSSR count). The van der Waals surface area contributed by atoms with Gasteiger partial charge in [0, 0.05) is 4.88 Å². The van der Waals surface area contributed by atoms with Gasteiger partial charge < -0.3 is 0 Å². The van der Waals surface area contributed by atoms with Gasteiger partial charge >= 0.3 is 0 Å². The third-order valence-corrected chi connectivity index (χ3v) is 4.90. The summed E-state index contributed by atoms with van der Waals surface area (Å²) in [7, 11) is 0. The van der Waals surface area contributed by atoms with E-state index in [2.05, 4.69) is 18.4 Å². The molecule has 0 atom stereocenters. The third-order valence-electron chi connectivity index (χ3n) is 3.85. The SMILES string of the molecule is CCCCCCCc1csc(CCc2ccc(F)cc2)c1. The largest absolute Gasteiger partial charge is 0.207 e. The van der Waals surface area contributed by atoms with E-state index in [1.807, 2.05) is 23.5 Å². The molecule has 0 aliphatic rings. The standard InChI is InChI=1S/C19H25FS/c1-2-3-4-5-6-7-17-14-19(21-15-17)13-10-16-8-11-18(20)12-9-16/h8-9,11-12,14-15H,2-7,10,13H2,1H3. The lowest BCUT2D eigenvalue weighted by atomic mass is 10.1. The van der Waals surface area contributed by atoms with Gasteiger partial charge in [-0.2, -0.15) is 0 Å². The molecular formula is C19H25FS. The van der Waals surface area contributed by atoms with Crippen molar-refractivity contribution in [1.82, 2.24) is 0 Å². The van der Waals surface area contributed by atoms with Crippen molar-refractivity contribution in [3.63, 3.8) is 0 Å². The molecule has 0 spiro atoms. The van der Waals surface area contributed by atoms with Crippen LogP contribution in [0.3, 0.4) is 0 Å². The van der Waals surface area contributed by atoms with Crippen LogP contribution in [0.15, 0.2) is 35.7 Å². The summed E-state index contributed by atoms with van der Waals surface area (Å²) >= 11 is 1.87. The van der Waals surface area contributed by atoms with Crippen molar-refractivity contribution in [2.75, 3.05) is 0 Å². The van der Waals surface area contributed by atoms with E-state index in [0.29, 0.717) is 0 Å². The van der Waals surface area contributed by atoms with E-state index in [0.717, 1.165) is 12.8 Å². The average molecular weight is 304 g/mol. The van der Waals surface area contributed by atoms with Crippen molar-refractivity contribution in [1.29, 1.82) is 0 Å². The summed E-state index contributed by atoms with van der Waals surface area (Å²) in [4.78, 5) is 1.45. The van der Waals surface area contributed by atoms with E-state index in [-0.39, 0.29) is 5.82 Å². The monoisotopic (exact) mass is 304 g/mol. The number of rotatable bonds is 9. The van der Waals surface area contributed by atoms with Crippen molar-refractivity contribution in [3.05, 3.63) is 57.5 Å². The highest BCUT2D eigenvalue weighted by atomic mass is 32.1. The Bertz CT molecular complexity index is 513. The van der Waals surface area contributed by atoms with Gasteiger partial charge in [0.15, 0.2) is 0 Å². The smallest absolute Gasteiger partial charge is 0.123 e. The number of hydrogen-bond donors (Lipinski definition) is 0. The number of hydrogen-bond acceptors (Lipinski definition) is 1. The number of unbranched alkanes of at least 4 members (excludes halogenated alkanes) is 4. The first-order valence-corrected chi connectivity index (χ1v) is 8.96. The van der Waals surface area contributed by atoms with Gasteiger partial charge in [0.2, 0.25) is 0 Å². The normalized spacial score (nSPS) is 11.0. The quantitative estimate of drug-likeness (QED) is 0.485. The Labute approximate surface area is 132 Å². The summed E-state index contributed by atoms with van der Waals surface area (Å²) in [6.07, 6.45) is 10.00. The average Bonchev–Trinajstić information content (AvgIpc) is 2.94. The Kier molecular flexibility index (Phi) is 6.94. The lowest BCUT2D eigenvalue weighted by Crippen LogP contribution is -1.89. The minimum Gasteiger partial charge on any atom is -0.207 e. The zero-order valence-corrected chi connectivity index (χ0v) is 13.7. The van der Waals surface area contributed by atoms with Gasteiger partial charge in [-0.1, -0.05) is 44.7 Å². The third kappa shape index (κ3) is 6.01. The zero-order valence-electron chi connectivity index (χ0n) is 12.9. The summed E-state index contributed by atoms with van der Waals surface area (Å²) in [5.41, 5.74) is 2.71. The van der Waals surface area contributed by atoms with Gasteiger partial charge in [-0.15, -0.1) is 11.3 Å². The number of aryl methyl sites for hydroxylation is 3. The van der Waals surface area contributed by atoms with Crippen LogP contribution in [-0.2, 0) is 19.3 Å². The molecule has 114 valence electrons. The van der Waals surface area contributed by atoms with Crippen LogP contribution in [0.4, 0.5) is 4.39 Å². The molecule has 0 saturated heterocycles. The highest BCUT2D eigenvalue weighted by Gasteiger charge is 2.02. The molecule has 0 aliphatic heterocycles. The molecule has 0 aliphatic carbocycles. The van der Waals surface area contributed by atoms with E-state index in [1.54, 1.807) is 12.1 Å². The van der Waals surface area contributed by atoms with E-state index >= 15 is 0 Å². The lowest BCUT2D eigenvalue weighted by molar-refractivity contribution is 0.627. The first-order chi connectivity index (χ1) is 10.3. The predicted octanol–water partition coefficient (Wildman–Crippen LogP) is 6.19. The molecule has 0 radical (unpaired) electrons. The van der Waals surface area contributed by atoms with Crippen molar-refractivity contribution < 1.29 is 4.39 Å². The molecule has 21 heavy (non-hydrogen) atoms. The second-order valence-corrected chi connectivity index (χ2v) is 6.71. The summed E-state index contributed by atoms with van der Waals surface area (Å²) in [5, 5.41) is 2.31. The fraction of sp³-hybridized carbons (Fsp3) is 0.474. The topological polar surface area (TPSA) is 0 Å². The van der Waals surface area contributed by atoms with Crippen LogP contribution in [0.25, 0.3) is 0 Å². The Morgan fingerprint density at radius 2 is 1.62 bits per heavy atom. The van der Waals surface area contributed by atoms with Gasteiger partial charge in [-0.25, -0.2) is 4.39 Å². The molecule has 0 fully saturated rings. The molecule has 2 aromatic rings. The predicted molar refractivity (Wildman–Crippen MR) is 90.6 cm³/mol. The van der Waals surface area contributed by atoms with Crippen LogP contribution in [-0.4, -0.2) is 0 Å². The second-order valence-electron chi connectivity index (χ2n) is 5.71. The fourth-order valence-corrected chi connectivity index (χ4v) is 3.47. The molecule has 2 heteroatoms. The molecule has 0 unspecified atom stereocenters. The summed E-state index contributed by atoms with van der Waals surface area (Å²) in [5.74, 6) is -0.153. The van der Waals surface area contributed by atoms with Crippen molar-refractivity contribution in [2.24, 2.45) is 0 Å². The second kappa shape index (κ2) is 8.99. The maximum Gasteiger partial charge on any atom is 0.123 e. The molecule has 1 aromatic carbocycles. The van der Waals surface area contributed by atoms with Crippen LogP contribution in [0, 0.1) is 5.82 Å². The highest BCUT2D eigenvalue weighted by molar-refractivity contribution is 7.10.